The highest BCUT2D eigenvalue weighted by atomic mass is 35.5. The zero-order chi connectivity index (χ0) is 25.0. The minimum absolute atomic E-state index is 0.0890. The van der Waals surface area contributed by atoms with Gasteiger partial charge in [0.1, 0.15) is 0 Å². The Morgan fingerprint density at radius 2 is 1.66 bits per heavy atom. The normalized spacial score (nSPS) is 15.9. The van der Waals surface area contributed by atoms with Gasteiger partial charge in [-0.1, -0.05) is 72.4 Å². The van der Waals surface area contributed by atoms with E-state index in [1.807, 2.05) is 47.5 Å². The summed E-state index contributed by atoms with van der Waals surface area (Å²) in [7, 11) is -3.68. The molecule has 0 aromatic heterocycles. The molecule has 184 valence electrons. The molecular formula is C26H26Cl3N3O2S. The summed E-state index contributed by atoms with van der Waals surface area (Å²) < 4.78 is 28.5. The first-order chi connectivity index (χ1) is 16.8. The summed E-state index contributed by atoms with van der Waals surface area (Å²) in [6.07, 6.45) is 3.64. The number of nitrogens with zero attached hydrogens (tertiary/aromatic N) is 2. The van der Waals surface area contributed by atoms with Crippen LogP contribution in [0.1, 0.15) is 43.4 Å². The number of nitrogens with one attached hydrogen (secondary N) is 1. The maximum atomic E-state index is 12.9. The number of hydrogen-bond acceptors (Lipinski definition) is 4. The largest absolute Gasteiger partial charge is 0.256 e. The van der Waals surface area contributed by atoms with Crippen molar-refractivity contribution < 1.29 is 8.42 Å². The second kappa shape index (κ2) is 11.3. The van der Waals surface area contributed by atoms with Gasteiger partial charge in [0.25, 0.3) is 0 Å². The topological polar surface area (TPSA) is 61.8 Å². The van der Waals surface area contributed by atoms with Crippen LogP contribution in [-0.4, -0.2) is 20.7 Å². The first kappa shape index (κ1) is 26.0. The van der Waals surface area contributed by atoms with E-state index in [-0.39, 0.29) is 17.5 Å². The summed E-state index contributed by atoms with van der Waals surface area (Å²) in [5, 5.41) is 8.18. The van der Waals surface area contributed by atoms with Crippen LogP contribution in [0.5, 0.6) is 0 Å². The summed E-state index contributed by atoms with van der Waals surface area (Å²) in [5.74, 6) is 0. The van der Waals surface area contributed by atoms with Crippen LogP contribution in [0.15, 0.2) is 76.7 Å². The molecule has 0 bridgehead atoms. The zero-order valence-electron chi connectivity index (χ0n) is 19.2. The van der Waals surface area contributed by atoms with Crippen LogP contribution in [0, 0.1) is 0 Å². The molecule has 1 unspecified atom stereocenters. The van der Waals surface area contributed by atoms with Crippen molar-refractivity contribution in [3.63, 3.8) is 0 Å². The molecule has 9 heteroatoms. The Bertz CT molecular complexity index is 1310. The van der Waals surface area contributed by atoms with Gasteiger partial charge in [-0.3, -0.25) is 5.01 Å². The molecule has 0 saturated heterocycles. The van der Waals surface area contributed by atoms with Crippen molar-refractivity contribution in [1.82, 2.24) is 4.72 Å². The number of hydrogen-bond donors (Lipinski definition) is 1. The summed E-state index contributed by atoms with van der Waals surface area (Å²) in [4.78, 5) is 0.239. The third-order valence-corrected chi connectivity index (χ3v) is 8.11. The standard InChI is InChI=1S/C26H26Cl3N3O2S/c1-2-3-4-18-5-12-23(13-6-18)35(33,34)30-17-22-16-26(19-7-9-20(27)10-8-19)32(31-22)25-14-11-21(28)15-24(25)29/h5-15,26,30H,2-4,16-17H2,1H3. The van der Waals surface area contributed by atoms with E-state index in [4.69, 9.17) is 39.9 Å². The van der Waals surface area contributed by atoms with Crippen LogP contribution in [0.25, 0.3) is 0 Å². The number of sulfonamides is 1. The van der Waals surface area contributed by atoms with Crippen LogP contribution >= 0.6 is 34.8 Å². The van der Waals surface area contributed by atoms with Gasteiger partial charge in [0.05, 0.1) is 33.9 Å². The van der Waals surface area contributed by atoms with Crippen molar-refractivity contribution in [3.05, 3.63) is 92.9 Å². The molecular weight excluding hydrogens is 525 g/mol. The molecule has 4 rings (SSSR count). The van der Waals surface area contributed by atoms with Gasteiger partial charge in [0.15, 0.2) is 0 Å². The van der Waals surface area contributed by atoms with Crippen molar-refractivity contribution in [2.45, 2.75) is 43.5 Å². The summed E-state index contributed by atoms with van der Waals surface area (Å²) in [5.41, 5.74) is 3.51. The van der Waals surface area contributed by atoms with Crippen molar-refractivity contribution in [1.29, 1.82) is 0 Å². The van der Waals surface area contributed by atoms with Crippen molar-refractivity contribution in [2.24, 2.45) is 5.10 Å². The maximum Gasteiger partial charge on any atom is 0.240 e. The Balaban J connectivity index is 1.54. The Hall–Kier alpha value is -2.09. The fourth-order valence-corrected chi connectivity index (χ4v) is 5.63. The van der Waals surface area contributed by atoms with E-state index in [9.17, 15) is 8.42 Å². The zero-order valence-corrected chi connectivity index (χ0v) is 22.3. The highest BCUT2D eigenvalue weighted by molar-refractivity contribution is 7.89. The second-order valence-corrected chi connectivity index (χ2v) is 11.5. The van der Waals surface area contributed by atoms with Gasteiger partial charge >= 0.3 is 0 Å². The molecule has 3 aromatic rings. The molecule has 1 N–H and O–H groups in total. The molecule has 0 radical (unpaired) electrons. The first-order valence-corrected chi connectivity index (χ1v) is 14.0. The number of rotatable bonds is 9. The predicted octanol–water partition coefficient (Wildman–Crippen LogP) is 7.28. The molecule has 1 atom stereocenters. The monoisotopic (exact) mass is 549 g/mol. The van der Waals surface area contributed by atoms with Gasteiger partial charge in [-0.25, -0.2) is 13.1 Å². The van der Waals surface area contributed by atoms with Crippen molar-refractivity contribution >= 4 is 56.2 Å². The number of halogens is 3. The maximum absolute atomic E-state index is 12.9. The van der Waals surface area contributed by atoms with Crippen LogP contribution in [0.3, 0.4) is 0 Å². The third-order valence-electron chi connectivity index (χ3n) is 5.90. The average molecular weight is 551 g/mol. The summed E-state index contributed by atoms with van der Waals surface area (Å²) in [6, 6.07) is 19.6. The molecule has 35 heavy (non-hydrogen) atoms. The van der Waals surface area contributed by atoms with Gasteiger partial charge in [-0.2, -0.15) is 5.10 Å². The number of unbranched alkanes of at least 4 members (excludes halogenated alkanes) is 1. The van der Waals surface area contributed by atoms with E-state index in [1.54, 1.807) is 24.3 Å². The summed E-state index contributed by atoms with van der Waals surface area (Å²) >= 11 is 18.6. The first-order valence-electron chi connectivity index (χ1n) is 11.4. The van der Waals surface area contributed by atoms with Crippen LogP contribution in [0.2, 0.25) is 15.1 Å². The van der Waals surface area contributed by atoms with E-state index in [1.165, 1.54) is 0 Å². The van der Waals surface area contributed by atoms with Gasteiger partial charge in [0.2, 0.25) is 10.0 Å². The minimum atomic E-state index is -3.68. The van der Waals surface area contributed by atoms with Crippen LogP contribution in [0.4, 0.5) is 5.69 Å². The Morgan fingerprint density at radius 3 is 2.31 bits per heavy atom. The second-order valence-electron chi connectivity index (χ2n) is 8.45. The van der Waals surface area contributed by atoms with E-state index in [0.29, 0.717) is 32.9 Å². The lowest BCUT2D eigenvalue weighted by atomic mass is 10.0. The van der Waals surface area contributed by atoms with E-state index in [2.05, 4.69) is 11.6 Å². The lowest BCUT2D eigenvalue weighted by Crippen LogP contribution is -2.29. The van der Waals surface area contributed by atoms with E-state index in [0.717, 1.165) is 30.4 Å². The highest BCUT2D eigenvalue weighted by Gasteiger charge is 2.31. The number of hydrazone groups is 1. The molecule has 0 aliphatic carbocycles. The van der Waals surface area contributed by atoms with Gasteiger partial charge < -0.3 is 0 Å². The van der Waals surface area contributed by atoms with E-state index >= 15 is 0 Å². The Kier molecular flexibility index (Phi) is 8.40. The molecule has 0 fully saturated rings. The third kappa shape index (κ3) is 6.38. The average Bonchev–Trinajstić information content (AvgIpc) is 3.26. The molecule has 0 saturated carbocycles. The minimum Gasteiger partial charge on any atom is -0.256 e. The number of anilines is 1. The summed E-state index contributed by atoms with van der Waals surface area (Å²) in [6.45, 7) is 2.22. The predicted molar refractivity (Wildman–Crippen MR) is 145 cm³/mol. The number of aryl methyl sites for hydroxylation is 1. The molecule has 5 nitrogen and oxygen atoms in total. The molecule has 1 heterocycles. The van der Waals surface area contributed by atoms with Gasteiger partial charge in [-0.05, 0) is 66.4 Å². The smallest absolute Gasteiger partial charge is 0.240 e. The van der Waals surface area contributed by atoms with Crippen LogP contribution < -0.4 is 9.73 Å². The van der Waals surface area contributed by atoms with Crippen molar-refractivity contribution in [3.8, 4) is 0 Å². The van der Waals surface area contributed by atoms with Gasteiger partial charge in [0, 0.05) is 16.5 Å². The molecule has 0 amide bonds. The van der Waals surface area contributed by atoms with Crippen LogP contribution in [-0.2, 0) is 16.4 Å². The lowest BCUT2D eigenvalue weighted by Gasteiger charge is -2.25. The quantitative estimate of drug-likeness (QED) is 0.305. The Labute approximate surface area is 221 Å². The SMILES string of the molecule is CCCCc1ccc(S(=O)(=O)NCC2=NN(c3ccc(Cl)cc3Cl)C(c3ccc(Cl)cc3)C2)cc1. The lowest BCUT2D eigenvalue weighted by molar-refractivity contribution is 0.586. The highest BCUT2D eigenvalue weighted by Crippen LogP contribution is 2.39. The molecule has 1 aliphatic heterocycles. The fraction of sp³-hybridized carbons (Fsp3) is 0.269. The fourth-order valence-electron chi connectivity index (χ4n) is 3.99. The van der Waals surface area contributed by atoms with Crippen molar-refractivity contribution in [2.75, 3.05) is 11.6 Å². The molecule has 1 aliphatic rings. The van der Waals surface area contributed by atoms with E-state index < -0.39 is 10.0 Å². The van der Waals surface area contributed by atoms with Gasteiger partial charge in [-0.15, -0.1) is 0 Å². The molecule has 3 aromatic carbocycles. The molecule has 0 spiro atoms. The Morgan fingerprint density at radius 1 is 0.971 bits per heavy atom. The number of benzene rings is 3.